The number of benzene rings is 1. The molecule has 2 aromatic rings. The van der Waals surface area contributed by atoms with E-state index in [1.807, 2.05) is 5.38 Å². The molecule has 0 aliphatic carbocycles. The van der Waals surface area contributed by atoms with Crippen LogP contribution in [0.15, 0.2) is 29.6 Å². The van der Waals surface area contributed by atoms with Crippen LogP contribution in [0.4, 0.5) is 15.6 Å². The normalized spacial score (nSPS) is 17.8. The lowest BCUT2D eigenvalue weighted by Crippen LogP contribution is -2.35. The summed E-state index contributed by atoms with van der Waals surface area (Å²) in [6.45, 7) is 4.97. The van der Waals surface area contributed by atoms with Gasteiger partial charge in [-0.05, 0) is 24.3 Å². The van der Waals surface area contributed by atoms with Crippen LogP contribution in [0.25, 0.3) is 0 Å². The number of hydrogen-bond donors (Lipinski definition) is 1. The number of aromatic nitrogens is 1. The minimum atomic E-state index is -0.359. The molecule has 1 aromatic carbocycles. The first kappa shape index (κ1) is 17.9. The maximum absolute atomic E-state index is 12.4. The first-order chi connectivity index (χ1) is 13.2. The Morgan fingerprint density at radius 2 is 1.93 bits per heavy atom. The molecule has 2 saturated heterocycles. The van der Waals surface area contributed by atoms with E-state index in [1.165, 1.54) is 11.3 Å². The molecule has 0 radical (unpaired) electrons. The smallest absolute Gasteiger partial charge is 0.414 e. The van der Waals surface area contributed by atoms with Crippen molar-refractivity contribution >= 4 is 34.2 Å². The average molecular weight is 388 g/mol. The Labute approximate surface area is 160 Å². The number of carbonyl (C=O) groups is 2. The van der Waals surface area contributed by atoms with Crippen LogP contribution in [0.5, 0.6) is 0 Å². The van der Waals surface area contributed by atoms with E-state index in [0.717, 1.165) is 44.2 Å². The van der Waals surface area contributed by atoms with E-state index in [9.17, 15) is 9.59 Å². The maximum Gasteiger partial charge on any atom is 0.414 e. The number of ether oxygens (including phenoxy) is 2. The number of cyclic esters (lactones) is 1. The number of thiazole rings is 1. The molecule has 2 aliphatic rings. The maximum atomic E-state index is 12.4. The van der Waals surface area contributed by atoms with Crippen molar-refractivity contribution in [2.75, 3.05) is 49.7 Å². The number of morpholine rings is 1. The van der Waals surface area contributed by atoms with Gasteiger partial charge < -0.3 is 9.47 Å². The van der Waals surface area contributed by atoms with E-state index in [4.69, 9.17) is 9.47 Å². The van der Waals surface area contributed by atoms with Crippen LogP contribution >= 0.6 is 11.3 Å². The number of rotatable bonds is 5. The Morgan fingerprint density at radius 3 is 2.63 bits per heavy atom. The molecule has 0 bridgehead atoms. The highest BCUT2D eigenvalue weighted by molar-refractivity contribution is 7.13. The second kappa shape index (κ2) is 8.03. The minimum absolute atomic E-state index is 0.224. The highest BCUT2D eigenvalue weighted by atomic mass is 32.1. The molecule has 2 aliphatic heterocycles. The summed E-state index contributed by atoms with van der Waals surface area (Å²) in [5.74, 6) is -0.224. The van der Waals surface area contributed by atoms with Gasteiger partial charge in [0.25, 0.3) is 5.91 Å². The van der Waals surface area contributed by atoms with Gasteiger partial charge >= 0.3 is 6.09 Å². The number of nitrogens with zero attached hydrogens (tertiary/aromatic N) is 3. The Morgan fingerprint density at radius 1 is 1.15 bits per heavy atom. The zero-order valence-electron chi connectivity index (χ0n) is 14.7. The largest absolute Gasteiger partial charge is 0.447 e. The molecule has 0 atom stereocenters. The first-order valence-electron chi connectivity index (χ1n) is 8.79. The van der Waals surface area contributed by atoms with Crippen molar-refractivity contribution in [3.63, 3.8) is 0 Å². The summed E-state index contributed by atoms with van der Waals surface area (Å²) in [6, 6.07) is 6.87. The first-order valence-corrected chi connectivity index (χ1v) is 9.67. The zero-order valence-corrected chi connectivity index (χ0v) is 15.5. The standard InChI is InChI=1S/C18H20N4O4S/c23-16(13-1-3-15(4-2-13)22-7-10-26-18(22)24)20-17-19-14(12-27-17)11-21-5-8-25-9-6-21/h1-4,12H,5-11H2,(H,19,20,23). The van der Waals surface area contributed by atoms with Gasteiger partial charge in [-0.1, -0.05) is 0 Å². The summed E-state index contributed by atoms with van der Waals surface area (Å²) in [5.41, 5.74) is 2.17. The fraction of sp³-hybridized carbons (Fsp3) is 0.389. The monoisotopic (exact) mass is 388 g/mol. The lowest BCUT2D eigenvalue weighted by Gasteiger charge is -2.25. The van der Waals surface area contributed by atoms with Crippen molar-refractivity contribution in [2.24, 2.45) is 0 Å². The molecule has 0 unspecified atom stereocenters. The van der Waals surface area contributed by atoms with Gasteiger partial charge in [0.2, 0.25) is 0 Å². The molecule has 4 rings (SSSR count). The molecule has 2 fully saturated rings. The van der Waals surface area contributed by atoms with Gasteiger partial charge in [-0.3, -0.25) is 19.9 Å². The third-order valence-corrected chi connectivity index (χ3v) is 5.27. The third kappa shape index (κ3) is 4.26. The molecule has 0 spiro atoms. The van der Waals surface area contributed by atoms with Gasteiger partial charge in [-0.15, -0.1) is 11.3 Å². The van der Waals surface area contributed by atoms with Crippen molar-refractivity contribution in [1.82, 2.24) is 9.88 Å². The Kier molecular flexibility index (Phi) is 5.33. The molecule has 9 heteroatoms. The molecular formula is C18H20N4O4S. The molecule has 3 heterocycles. The Hall–Kier alpha value is -2.49. The van der Waals surface area contributed by atoms with E-state index in [1.54, 1.807) is 29.2 Å². The van der Waals surface area contributed by atoms with Crippen LogP contribution in [0.3, 0.4) is 0 Å². The molecule has 1 aromatic heterocycles. The van der Waals surface area contributed by atoms with Crippen molar-refractivity contribution in [2.45, 2.75) is 6.54 Å². The third-order valence-electron chi connectivity index (χ3n) is 4.46. The van der Waals surface area contributed by atoms with Gasteiger partial charge in [0.05, 0.1) is 25.5 Å². The molecule has 2 amide bonds. The van der Waals surface area contributed by atoms with Gasteiger partial charge in [0.1, 0.15) is 6.61 Å². The number of anilines is 2. The van der Waals surface area contributed by atoms with E-state index in [2.05, 4.69) is 15.2 Å². The highest BCUT2D eigenvalue weighted by Crippen LogP contribution is 2.21. The number of nitrogens with one attached hydrogen (secondary N) is 1. The second-order valence-electron chi connectivity index (χ2n) is 6.30. The number of carbonyl (C=O) groups excluding carboxylic acids is 2. The molecule has 142 valence electrons. The molecule has 1 N–H and O–H groups in total. The van der Waals surface area contributed by atoms with Crippen LogP contribution in [0, 0.1) is 0 Å². The summed E-state index contributed by atoms with van der Waals surface area (Å²) >= 11 is 1.41. The number of hydrogen-bond acceptors (Lipinski definition) is 7. The lowest BCUT2D eigenvalue weighted by molar-refractivity contribution is 0.0337. The van der Waals surface area contributed by atoms with Crippen molar-refractivity contribution < 1.29 is 19.1 Å². The SMILES string of the molecule is O=C(Nc1nc(CN2CCOCC2)cs1)c1ccc(N2CCOC2=O)cc1. The summed E-state index contributed by atoms with van der Waals surface area (Å²) in [7, 11) is 0. The van der Waals surface area contributed by atoms with Crippen LogP contribution in [0.2, 0.25) is 0 Å². The fourth-order valence-corrected chi connectivity index (χ4v) is 3.71. The van der Waals surface area contributed by atoms with Gasteiger partial charge in [-0.2, -0.15) is 0 Å². The summed E-state index contributed by atoms with van der Waals surface area (Å²) < 4.78 is 10.3. The van der Waals surface area contributed by atoms with Crippen LogP contribution in [-0.2, 0) is 16.0 Å². The molecule has 0 saturated carbocycles. The van der Waals surface area contributed by atoms with Crippen LogP contribution in [0.1, 0.15) is 16.1 Å². The summed E-state index contributed by atoms with van der Waals surface area (Å²) in [6.07, 6.45) is -0.359. The molecule has 27 heavy (non-hydrogen) atoms. The fourth-order valence-electron chi connectivity index (χ4n) is 3.02. The second-order valence-corrected chi connectivity index (χ2v) is 7.16. The van der Waals surface area contributed by atoms with Crippen molar-refractivity contribution in [1.29, 1.82) is 0 Å². The summed E-state index contributed by atoms with van der Waals surface area (Å²) in [5, 5.41) is 5.38. The van der Waals surface area contributed by atoms with Crippen molar-refractivity contribution in [3.8, 4) is 0 Å². The van der Waals surface area contributed by atoms with Gasteiger partial charge in [-0.25, -0.2) is 9.78 Å². The van der Waals surface area contributed by atoms with E-state index < -0.39 is 0 Å². The minimum Gasteiger partial charge on any atom is -0.447 e. The average Bonchev–Trinajstić information content (AvgIpc) is 3.31. The number of amides is 2. The quantitative estimate of drug-likeness (QED) is 0.845. The van der Waals surface area contributed by atoms with E-state index >= 15 is 0 Å². The Balaban J connectivity index is 1.35. The predicted molar refractivity (Wildman–Crippen MR) is 101 cm³/mol. The van der Waals surface area contributed by atoms with E-state index in [-0.39, 0.29) is 12.0 Å². The lowest BCUT2D eigenvalue weighted by atomic mass is 10.2. The zero-order chi connectivity index (χ0) is 18.6. The summed E-state index contributed by atoms with van der Waals surface area (Å²) in [4.78, 5) is 32.3. The molecular weight excluding hydrogens is 368 g/mol. The van der Waals surface area contributed by atoms with Crippen LogP contribution in [-0.4, -0.2) is 61.3 Å². The molecule has 8 nitrogen and oxygen atoms in total. The van der Waals surface area contributed by atoms with Gasteiger partial charge in [0.15, 0.2) is 5.13 Å². The van der Waals surface area contributed by atoms with Crippen molar-refractivity contribution in [3.05, 3.63) is 40.9 Å². The van der Waals surface area contributed by atoms with E-state index in [0.29, 0.717) is 23.8 Å². The highest BCUT2D eigenvalue weighted by Gasteiger charge is 2.23. The predicted octanol–water partition coefficient (Wildman–Crippen LogP) is 2.18. The van der Waals surface area contributed by atoms with Crippen LogP contribution < -0.4 is 10.2 Å². The Bertz CT molecular complexity index is 817. The van der Waals surface area contributed by atoms with Gasteiger partial charge in [0, 0.05) is 36.3 Å². The topological polar surface area (TPSA) is 84.0 Å².